The van der Waals surface area contributed by atoms with Crippen LogP contribution >= 0.6 is 23.2 Å². The van der Waals surface area contributed by atoms with E-state index < -0.39 is 17.4 Å². The molecular weight excluding hydrogens is 299 g/mol. The number of hydrogen-bond acceptors (Lipinski definition) is 2. The van der Waals surface area contributed by atoms with E-state index in [2.05, 4.69) is 5.32 Å². The molecule has 20 heavy (non-hydrogen) atoms. The van der Waals surface area contributed by atoms with Gasteiger partial charge in [0.15, 0.2) is 0 Å². The summed E-state index contributed by atoms with van der Waals surface area (Å²) >= 11 is 11.9. The molecule has 0 heterocycles. The minimum Gasteiger partial charge on any atom is -0.330 e. The zero-order valence-corrected chi connectivity index (χ0v) is 13.5. The molecule has 0 aliphatic carbocycles. The Balaban J connectivity index is 2.94. The normalized spacial score (nSPS) is 11.1. The number of carbonyl (C=O) groups excluding carboxylic acids is 2. The molecule has 0 aliphatic heterocycles. The van der Waals surface area contributed by atoms with E-state index in [1.165, 1.54) is 4.90 Å². The van der Waals surface area contributed by atoms with Gasteiger partial charge in [0.2, 0.25) is 0 Å². The average molecular weight is 317 g/mol. The van der Waals surface area contributed by atoms with Crippen LogP contribution < -0.4 is 5.32 Å². The molecule has 0 saturated heterocycles. The molecule has 0 spiro atoms. The molecule has 0 aliphatic rings. The van der Waals surface area contributed by atoms with Gasteiger partial charge in [0.25, 0.3) is 0 Å². The van der Waals surface area contributed by atoms with Crippen molar-refractivity contribution in [1.82, 2.24) is 4.90 Å². The van der Waals surface area contributed by atoms with E-state index in [0.717, 1.165) is 0 Å². The van der Waals surface area contributed by atoms with Crippen molar-refractivity contribution in [2.24, 2.45) is 0 Å². The molecule has 0 atom stereocenters. The Bertz CT molecular complexity index is 504. The van der Waals surface area contributed by atoms with Gasteiger partial charge < -0.3 is 10.2 Å². The van der Waals surface area contributed by atoms with Crippen molar-refractivity contribution in [3.63, 3.8) is 0 Å². The van der Waals surface area contributed by atoms with Crippen LogP contribution in [0.4, 0.5) is 5.69 Å². The third kappa shape index (κ3) is 3.87. The topological polar surface area (TPSA) is 49.4 Å². The number of amides is 2. The van der Waals surface area contributed by atoms with Crippen LogP contribution in [0, 0.1) is 0 Å². The molecule has 4 nitrogen and oxygen atoms in total. The molecule has 0 radical (unpaired) electrons. The maximum absolute atomic E-state index is 12.2. The Morgan fingerprint density at radius 1 is 1.20 bits per heavy atom. The predicted octanol–water partition coefficient (Wildman–Crippen LogP) is 3.58. The van der Waals surface area contributed by atoms with Crippen molar-refractivity contribution < 1.29 is 9.59 Å². The van der Waals surface area contributed by atoms with Gasteiger partial charge in [0, 0.05) is 12.1 Å². The SMILES string of the molecule is CCN(C(=O)C(=O)Nc1c(Cl)cccc1Cl)C(C)(C)C. The lowest BCUT2D eigenvalue weighted by atomic mass is 10.1. The lowest BCUT2D eigenvalue weighted by Crippen LogP contribution is -2.49. The Morgan fingerprint density at radius 3 is 2.10 bits per heavy atom. The first kappa shape index (κ1) is 16.8. The maximum atomic E-state index is 12.2. The van der Waals surface area contributed by atoms with Gasteiger partial charge in [-0.1, -0.05) is 29.3 Å². The number of likely N-dealkylation sites (N-methyl/N-ethyl adjacent to an activating group) is 1. The Labute approximate surface area is 129 Å². The number of halogens is 2. The molecule has 0 saturated carbocycles. The summed E-state index contributed by atoms with van der Waals surface area (Å²) in [4.78, 5) is 25.7. The van der Waals surface area contributed by atoms with Gasteiger partial charge in [-0.15, -0.1) is 0 Å². The van der Waals surface area contributed by atoms with Gasteiger partial charge in [-0.2, -0.15) is 0 Å². The van der Waals surface area contributed by atoms with Gasteiger partial charge in [0.1, 0.15) is 0 Å². The fraction of sp³-hybridized carbons (Fsp3) is 0.429. The van der Waals surface area contributed by atoms with Crippen LogP contribution in [-0.4, -0.2) is 28.8 Å². The standard InChI is InChI=1S/C14H18Cl2N2O2/c1-5-18(14(2,3)4)13(20)12(19)17-11-9(15)7-6-8-10(11)16/h6-8H,5H2,1-4H3,(H,17,19). The molecule has 0 fully saturated rings. The van der Waals surface area contributed by atoms with E-state index in [0.29, 0.717) is 6.54 Å². The van der Waals surface area contributed by atoms with Gasteiger partial charge >= 0.3 is 11.8 Å². The molecule has 0 aromatic heterocycles. The van der Waals surface area contributed by atoms with Crippen LogP contribution in [0.25, 0.3) is 0 Å². The van der Waals surface area contributed by atoms with Crippen LogP contribution in [0.15, 0.2) is 18.2 Å². The molecule has 1 aromatic carbocycles. The van der Waals surface area contributed by atoms with Gasteiger partial charge in [-0.3, -0.25) is 9.59 Å². The van der Waals surface area contributed by atoms with Crippen molar-refractivity contribution in [3.8, 4) is 0 Å². The summed E-state index contributed by atoms with van der Waals surface area (Å²) < 4.78 is 0. The summed E-state index contributed by atoms with van der Waals surface area (Å²) in [6.07, 6.45) is 0. The number of hydrogen-bond donors (Lipinski definition) is 1. The minimum absolute atomic E-state index is 0.249. The molecular formula is C14H18Cl2N2O2. The highest BCUT2D eigenvalue weighted by atomic mass is 35.5. The zero-order chi connectivity index (χ0) is 15.5. The van der Waals surface area contributed by atoms with Crippen LogP contribution in [0.2, 0.25) is 10.0 Å². The highest BCUT2D eigenvalue weighted by Crippen LogP contribution is 2.29. The molecule has 1 N–H and O–H groups in total. The number of anilines is 1. The third-order valence-electron chi connectivity index (χ3n) is 2.77. The van der Waals surface area contributed by atoms with E-state index in [9.17, 15) is 9.59 Å². The van der Waals surface area contributed by atoms with E-state index in [4.69, 9.17) is 23.2 Å². The zero-order valence-electron chi connectivity index (χ0n) is 12.0. The molecule has 2 amide bonds. The van der Waals surface area contributed by atoms with Gasteiger partial charge in [-0.25, -0.2) is 0 Å². The predicted molar refractivity (Wildman–Crippen MR) is 82.2 cm³/mol. The van der Waals surface area contributed by atoms with Gasteiger partial charge in [-0.05, 0) is 39.8 Å². The largest absolute Gasteiger partial charge is 0.330 e. The Kier molecular flexibility index (Phi) is 5.42. The average Bonchev–Trinajstić information content (AvgIpc) is 2.32. The molecule has 0 unspecified atom stereocenters. The molecule has 1 aromatic rings. The monoisotopic (exact) mass is 316 g/mol. The second-order valence-corrected chi connectivity index (χ2v) is 6.09. The van der Waals surface area contributed by atoms with Crippen LogP contribution in [-0.2, 0) is 9.59 Å². The Morgan fingerprint density at radius 2 is 1.70 bits per heavy atom. The van der Waals surface area contributed by atoms with E-state index in [1.807, 2.05) is 27.7 Å². The number of rotatable bonds is 2. The lowest BCUT2D eigenvalue weighted by molar-refractivity contribution is -0.146. The summed E-state index contributed by atoms with van der Waals surface area (Å²) in [6, 6.07) is 4.85. The first-order valence-electron chi connectivity index (χ1n) is 6.25. The van der Waals surface area contributed by atoms with Crippen molar-refractivity contribution >= 4 is 40.7 Å². The fourth-order valence-corrected chi connectivity index (χ4v) is 2.32. The number of carbonyl (C=O) groups is 2. The Hall–Kier alpha value is -1.26. The second-order valence-electron chi connectivity index (χ2n) is 5.27. The van der Waals surface area contributed by atoms with Gasteiger partial charge in [0.05, 0.1) is 15.7 Å². The molecule has 0 bridgehead atoms. The van der Waals surface area contributed by atoms with Crippen molar-refractivity contribution in [2.45, 2.75) is 33.2 Å². The summed E-state index contributed by atoms with van der Waals surface area (Å²) in [6.45, 7) is 7.85. The van der Waals surface area contributed by atoms with Crippen LogP contribution in [0.3, 0.4) is 0 Å². The summed E-state index contributed by atoms with van der Waals surface area (Å²) in [7, 11) is 0. The quantitative estimate of drug-likeness (QED) is 0.848. The minimum atomic E-state index is -0.753. The molecule has 1 rings (SSSR count). The maximum Gasteiger partial charge on any atom is 0.314 e. The highest BCUT2D eigenvalue weighted by molar-refractivity contribution is 6.44. The van der Waals surface area contributed by atoms with E-state index in [-0.39, 0.29) is 15.7 Å². The van der Waals surface area contributed by atoms with Crippen molar-refractivity contribution in [2.75, 3.05) is 11.9 Å². The number of nitrogens with zero attached hydrogens (tertiary/aromatic N) is 1. The first-order valence-corrected chi connectivity index (χ1v) is 7.01. The van der Waals surface area contributed by atoms with Crippen LogP contribution in [0.1, 0.15) is 27.7 Å². The summed E-state index contributed by atoms with van der Waals surface area (Å²) in [5.74, 6) is -1.37. The van der Waals surface area contributed by atoms with E-state index in [1.54, 1.807) is 18.2 Å². The van der Waals surface area contributed by atoms with E-state index >= 15 is 0 Å². The van der Waals surface area contributed by atoms with Crippen molar-refractivity contribution in [1.29, 1.82) is 0 Å². The fourth-order valence-electron chi connectivity index (χ4n) is 1.83. The highest BCUT2D eigenvalue weighted by Gasteiger charge is 2.30. The second kappa shape index (κ2) is 6.46. The summed E-state index contributed by atoms with van der Waals surface area (Å²) in [5.41, 5.74) is -0.188. The number of para-hydroxylation sites is 1. The number of nitrogens with one attached hydrogen (secondary N) is 1. The lowest BCUT2D eigenvalue weighted by Gasteiger charge is -2.34. The number of benzene rings is 1. The third-order valence-corrected chi connectivity index (χ3v) is 3.40. The van der Waals surface area contributed by atoms with Crippen molar-refractivity contribution in [3.05, 3.63) is 28.2 Å². The molecule has 6 heteroatoms. The molecule has 110 valence electrons. The first-order chi connectivity index (χ1) is 9.18. The summed E-state index contributed by atoms with van der Waals surface area (Å²) in [5, 5.41) is 3.05. The smallest absolute Gasteiger partial charge is 0.314 e. The van der Waals surface area contributed by atoms with Crippen LogP contribution in [0.5, 0.6) is 0 Å².